The zero-order chi connectivity index (χ0) is 30.7. The Labute approximate surface area is 252 Å². The lowest BCUT2D eigenvalue weighted by Gasteiger charge is -2.35. The molecule has 1 saturated heterocycles. The SMILES string of the molecule is Cc1ccc(-n2nc(C(C)(C)C)cc2NC(=O)Nc2ccc(N3CCN(C(=O)c4ccccc4C#N)CC3)nc2C)cc1. The first-order chi connectivity index (χ1) is 20.5. The second kappa shape index (κ2) is 12.0. The summed E-state index contributed by atoms with van der Waals surface area (Å²) in [6.45, 7) is 12.4. The summed E-state index contributed by atoms with van der Waals surface area (Å²) < 4.78 is 1.75. The maximum atomic E-state index is 13.1. The highest BCUT2D eigenvalue weighted by atomic mass is 16.2. The number of pyridine rings is 1. The van der Waals surface area contributed by atoms with Crippen molar-refractivity contribution < 1.29 is 9.59 Å². The number of benzene rings is 2. The van der Waals surface area contributed by atoms with Crippen molar-refractivity contribution in [2.45, 2.75) is 40.0 Å². The van der Waals surface area contributed by atoms with E-state index in [0.29, 0.717) is 54.5 Å². The van der Waals surface area contributed by atoms with Crippen LogP contribution >= 0.6 is 0 Å². The lowest BCUT2D eigenvalue weighted by molar-refractivity contribution is 0.0746. The van der Waals surface area contributed by atoms with E-state index in [1.54, 1.807) is 33.8 Å². The zero-order valence-electron chi connectivity index (χ0n) is 25.2. The van der Waals surface area contributed by atoms with Gasteiger partial charge < -0.3 is 15.1 Å². The van der Waals surface area contributed by atoms with E-state index in [0.717, 1.165) is 22.8 Å². The summed E-state index contributed by atoms with van der Waals surface area (Å²) >= 11 is 0. The van der Waals surface area contributed by atoms with Gasteiger partial charge in [0.1, 0.15) is 11.6 Å². The van der Waals surface area contributed by atoms with Crippen LogP contribution in [0.4, 0.5) is 22.1 Å². The molecule has 2 aromatic heterocycles. The lowest BCUT2D eigenvalue weighted by atomic mass is 9.92. The number of hydrogen-bond acceptors (Lipinski definition) is 6. The summed E-state index contributed by atoms with van der Waals surface area (Å²) in [6.07, 6.45) is 0. The fourth-order valence-electron chi connectivity index (χ4n) is 4.92. The van der Waals surface area contributed by atoms with Gasteiger partial charge in [0.2, 0.25) is 0 Å². The molecule has 0 radical (unpaired) electrons. The van der Waals surface area contributed by atoms with Crippen molar-refractivity contribution in [3.8, 4) is 11.8 Å². The quantitative estimate of drug-likeness (QED) is 0.316. The summed E-state index contributed by atoms with van der Waals surface area (Å²) in [7, 11) is 0. The monoisotopic (exact) mass is 576 g/mol. The molecule has 10 nitrogen and oxygen atoms in total. The third-order valence-corrected chi connectivity index (χ3v) is 7.49. The number of aromatic nitrogens is 3. The summed E-state index contributed by atoms with van der Waals surface area (Å²) in [6, 6.07) is 22.2. The molecule has 0 aliphatic carbocycles. The minimum Gasteiger partial charge on any atom is -0.353 e. The Morgan fingerprint density at radius 3 is 2.26 bits per heavy atom. The first-order valence-corrected chi connectivity index (χ1v) is 14.3. The van der Waals surface area contributed by atoms with Crippen molar-refractivity contribution in [1.82, 2.24) is 19.7 Å². The summed E-state index contributed by atoms with van der Waals surface area (Å²) in [5, 5.41) is 20.0. The minimum absolute atomic E-state index is 0.134. The van der Waals surface area contributed by atoms with Crippen molar-refractivity contribution in [1.29, 1.82) is 5.26 Å². The van der Waals surface area contributed by atoms with E-state index < -0.39 is 6.03 Å². The van der Waals surface area contributed by atoms with Gasteiger partial charge in [-0.25, -0.2) is 14.5 Å². The van der Waals surface area contributed by atoms with Gasteiger partial charge in [-0.2, -0.15) is 10.4 Å². The second-order valence-electron chi connectivity index (χ2n) is 11.7. The number of nitrogens with one attached hydrogen (secondary N) is 2. The Bertz CT molecular complexity index is 1690. The van der Waals surface area contributed by atoms with Crippen LogP contribution in [0.15, 0.2) is 66.7 Å². The van der Waals surface area contributed by atoms with Gasteiger partial charge in [-0.1, -0.05) is 50.6 Å². The highest BCUT2D eigenvalue weighted by Gasteiger charge is 2.25. The molecule has 2 N–H and O–H groups in total. The van der Waals surface area contributed by atoms with Crippen molar-refractivity contribution in [2.75, 3.05) is 41.7 Å². The smallest absolute Gasteiger partial charge is 0.324 e. The van der Waals surface area contributed by atoms with Gasteiger partial charge >= 0.3 is 6.03 Å². The van der Waals surface area contributed by atoms with E-state index in [1.165, 1.54) is 0 Å². The van der Waals surface area contributed by atoms with Gasteiger partial charge in [-0.3, -0.25) is 10.1 Å². The molecule has 1 fully saturated rings. The molecule has 1 aliphatic heterocycles. The molecular weight excluding hydrogens is 540 g/mol. The molecule has 0 bridgehead atoms. The highest BCUT2D eigenvalue weighted by molar-refractivity contribution is 6.00. The molecule has 220 valence electrons. The molecule has 10 heteroatoms. The molecule has 1 aliphatic rings. The summed E-state index contributed by atoms with van der Waals surface area (Å²) in [5.41, 5.74) is 4.75. The molecule has 2 aromatic carbocycles. The number of nitrogens with zero attached hydrogens (tertiary/aromatic N) is 6. The van der Waals surface area contributed by atoms with Crippen molar-refractivity contribution >= 4 is 29.3 Å². The standard InChI is InChI=1S/C33H36N8O2/c1-22-10-12-25(13-11-22)41-30(20-28(38-41)33(3,4)5)37-32(43)36-27-14-15-29(35-23(27)2)39-16-18-40(19-17-39)31(42)26-9-7-6-8-24(26)21-34/h6-15,20H,16-19H2,1-5H3,(H2,36,37,43). The molecule has 0 saturated carbocycles. The van der Waals surface area contributed by atoms with Gasteiger partial charge in [0.15, 0.2) is 0 Å². The number of amides is 3. The Kier molecular flexibility index (Phi) is 8.17. The molecule has 0 spiro atoms. The first kappa shape index (κ1) is 29.3. The predicted octanol–water partition coefficient (Wildman–Crippen LogP) is 5.66. The van der Waals surface area contributed by atoms with Gasteiger partial charge in [-0.15, -0.1) is 0 Å². The van der Waals surface area contributed by atoms with Gasteiger partial charge in [0, 0.05) is 37.7 Å². The van der Waals surface area contributed by atoms with E-state index in [9.17, 15) is 14.9 Å². The first-order valence-electron chi connectivity index (χ1n) is 14.3. The summed E-state index contributed by atoms with van der Waals surface area (Å²) in [4.78, 5) is 34.8. The van der Waals surface area contributed by atoms with E-state index >= 15 is 0 Å². The Morgan fingerprint density at radius 1 is 0.907 bits per heavy atom. The molecular formula is C33H36N8O2. The third kappa shape index (κ3) is 6.51. The Morgan fingerprint density at radius 2 is 1.60 bits per heavy atom. The number of anilines is 3. The number of nitriles is 1. The normalized spacial score (nSPS) is 13.4. The number of carbonyl (C=O) groups excluding carboxylic acids is 2. The van der Waals surface area contributed by atoms with Crippen LogP contribution in [0.3, 0.4) is 0 Å². The van der Waals surface area contributed by atoms with Crippen molar-refractivity contribution in [3.05, 3.63) is 94.8 Å². The van der Waals surface area contributed by atoms with Crippen LogP contribution < -0.4 is 15.5 Å². The van der Waals surface area contributed by atoms with Crippen LogP contribution in [0, 0.1) is 25.2 Å². The van der Waals surface area contributed by atoms with E-state index in [2.05, 4.69) is 42.4 Å². The zero-order valence-corrected chi connectivity index (χ0v) is 25.2. The third-order valence-electron chi connectivity index (χ3n) is 7.49. The lowest BCUT2D eigenvalue weighted by Crippen LogP contribution is -2.49. The Balaban J connectivity index is 1.24. The highest BCUT2D eigenvalue weighted by Crippen LogP contribution is 2.27. The molecule has 3 heterocycles. The largest absolute Gasteiger partial charge is 0.353 e. The van der Waals surface area contributed by atoms with Crippen LogP contribution in [-0.2, 0) is 5.41 Å². The molecule has 0 atom stereocenters. The van der Waals surface area contributed by atoms with Gasteiger partial charge in [0.25, 0.3) is 5.91 Å². The Hall–Kier alpha value is -5.17. The number of carbonyl (C=O) groups is 2. The van der Waals surface area contributed by atoms with Crippen molar-refractivity contribution in [2.24, 2.45) is 0 Å². The number of rotatable bonds is 5. The van der Waals surface area contributed by atoms with E-state index in [4.69, 9.17) is 10.1 Å². The molecule has 4 aromatic rings. The van der Waals surface area contributed by atoms with Crippen LogP contribution in [-0.4, -0.2) is 57.8 Å². The maximum absolute atomic E-state index is 13.1. The minimum atomic E-state index is -0.392. The average Bonchev–Trinajstić information content (AvgIpc) is 3.42. The maximum Gasteiger partial charge on any atom is 0.324 e. The predicted molar refractivity (Wildman–Crippen MR) is 168 cm³/mol. The fourth-order valence-corrected chi connectivity index (χ4v) is 4.92. The number of aryl methyl sites for hydroxylation is 2. The topological polar surface area (TPSA) is 119 Å². The van der Waals surface area contributed by atoms with Crippen LogP contribution in [0.5, 0.6) is 0 Å². The van der Waals surface area contributed by atoms with Crippen LogP contribution in [0.2, 0.25) is 0 Å². The second-order valence-corrected chi connectivity index (χ2v) is 11.7. The van der Waals surface area contributed by atoms with E-state index in [1.807, 2.05) is 56.3 Å². The number of piperazine rings is 1. The number of urea groups is 1. The van der Waals surface area contributed by atoms with Crippen LogP contribution in [0.1, 0.15) is 53.6 Å². The van der Waals surface area contributed by atoms with Crippen LogP contribution in [0.25, 0.3) is 5.69 Å². The molecule has 3 amide bonds. The van der Waals surface area contributed by atoms with Gasteiger partial charge in [-0.05, 0) is 50.2 Å². The average molecular weight is 577 g/mol. The van der Waals surface area contributed by atoms with E-state index in [-0.39, 0.29) is 11.3 Å². The fraction of sp³-hybridized carbons (Fsp3) is 0.303. The molecule has 0 unspecified atom stereocenters. The number of hydrogen-bond donors (Lipinski definition) is 2. The molecule has 43 heavy (non-hydrogen) atoms. The van der Waals surface area contributed by atoms with Crippen molar-refractivity contribution in [3.63, 3.8) is 0 Å². The molecule has 5 rings (SSSR count). The summed E-state index contributed by atoms with van der Waals surface area (Å²) in [5.74, 6) is 1.21. The van der Waals surface area contributed by atoms with Gasteiger partial charge in [0.05, 0.1) is 40.0 Å².